The van der Waals surface area contributed by atoms with Crippen molar-refractivity contribution in [3.05, 3.63) is 41.3 Å². The van der Waals surface area contributed by atoms with Crippen LogP contribution in [0.25, 0.3) is 0 Å². The first kappa shape index (κ1) is 18.0. The standard InChI is InChI=1S/C21H22N4O4/c26-19-14-5-1-3-7-16(14)22-21(28)25(19)13-9-11-24(12-10-13)20(27)18-15-6-2-4-8-17(15)29-23-18/h1,3,5,7,13-14H,2,4,6,8-12H2. The first-order chi connectivity index (χ1) is 14.1. The fraction of sp³-hybridized carbons (Fsp3) is 0.476. The molecule has 1 atom stereocenters. The summed E-state index contributed by atoms with van der Waals surface area (Å²) >= 11 is 0. The molecule has 1 unspecified atom stereocenters. The second-order valence-corrected chi connectivity index (χ2v) is 7.91. The lowest BCUT2D eigenvalue weighted by Gasteiger charge is -2.39. The van der Waals surface area contributed by atoms with Gasteiger partial charge in [0.1, 0.15) is 5.76 Å². The van der Waals surface area contributed by atoms with Crippen molar-refractivity contribution < 1.29 is 18.9 Å². The number of piperidine rings is 1. The number of carbonyl (C=O) groups is 3. The highest BCUT2D eigenvalue weighted by Gasteiger charge is 2.41. The Hall–Kier alpha value is -3.03. The summed E-state index contributed by atoms with van der Waals surface area (Å²) in [6.45, 7) is 0.943. The molecule has 4 aliphatic rings. The van der Waals surface area contributed by atoms with Crippen molar-refractivity contribution in [3.8, 4) is 0 Å². The van der Waals surface area contributed by atoms with Gasteiger partial charge in [0.2, 0.25) is 5.91 Å². The van der Waals surface area contributed by atoms with Crippen LogP contribution in [0, 0.1) is 5.92 Å². The summed E-state index contributed by atoms with van der Waals surface area (Å²) in [5.41, 5.74) is 1.88. The topological polar surface area (TPSA) is 96.1 Å². The Bertz CT molecular complexity index is 965. The van der Waals surface area contributed by atoms with E-state index in [9.17, 15) is 14.4 Å². The molecule has 1 fully saturated rings. The van der Waals surface area contributed by atoms with Crippen LogP contribution in [0.4, 0.5) is 4.79 Å². The summed E-state index contributed by atoms with van der Waals surface area (Å²) in [6.07, 6.45) is 11.9. The van der Waals surface area contributed by atoms with E-state index in [0.29, 0.717) is 37.3 Å². The molecule has 8 nitrogen and oxygen atoms in total. The first-order valence-corrected chi connectivity index (χ1v) is 10.2. The lowest BCUT2D eigenvalue weighted by Crippen LogP contribution is -2.54. The third-order valence-corrected chi connectivity index (χ3v) is 6.20. The molecule has 2 aliphatic heterocycles. The summed E-state index contributed by atoms with van der Waals surface area (Å²) < 4.78 is 5.37. The van der Waals surface area contributed by atoms with E-state index in [-0.39, 0.29) is 17.9 Å². The second kappa shape index (κ2) is 7.09. The monoisotopic (exact) mass is 394 g/mol. The lowest BCUT2D eigenvalue weighted by atomic mass is 9.93. The fourth-order valence-electron chi connectivity index (χ4n) is 4.62. The number of carbonyl (C=O) groups excluding carboxylic acids is 3. The summed E-state index contributed by atoms with van der Waals surface area (Å²) in [6, 6.07) is -0.744. The van der Waals surface area contributed by atoms with Crippen molar-refractivity contribution in [2.45, 2.75) is 44.6 Å². The SMILES string of the molecule is O=C(c1noc2c1CCCC2)N1CCC(N2C(=O)N=C3C=CC=CC3C2=O)CC1. The second-order valence-electron chi connectivity index (χ2n) is 7.91. The number of amides is 4. The summed E-state index contributed by atoms with van der Waals surface area (Å²) in [7, 11) is 0. The van der Waals surface area contributed by atoms with Gasteiger partial charge in [0.15, 0.2) is 5.69 Å². The first-order valence-electron chi connectivity index (χ1n) is 10.2. The third kappa shape index (κ3) is 3.03. The minimum atomic E-state index is -0.503. The fourth-order valence-corrected chi connectivity index (χ4v) is 4.62. The van der Waals surface area contributed by atoms with Crippen LogP contribution in [-0.4, -0.2) is 57.6 Å². The number of fused-ring (bicyclic) bond motifs is 2. The maximum absolute atomic E-state index is 12.9. The van der Waals surface area contributed by atoms with Gasteiger partial charge in [-0.05, 0) is 38.2 Å². The maximum Gasteiger partial charge on any atom is 0.350 e. The zero-order valence-corrected chi connectivity index (χ0v) is 16.0. The minimum Gasteiger partial charge on any atom is -0.360 e. The molecular weight excluding hydrogens is 372 g/mol. The molecular formula is C21H22N4O4. The minimum absolute atomic E-state index is 0.118. The average molecular weight is 394 g/mol. The third-order valence-electron chi connectivity index (χ3n) is 6.20. The largest absolute Gasteiger partial charge is 0.360 e. The number of hydrogen-bond acceptors (Lipinski definition) is 5. The molecule has 0 aromatic carbocycles. The molecule has 0 bridgehead atoms. The van der Waals surface area contributed by atoms with E-state index in [1.54, 1.807) is 29.2 Å². The van der Waals surface area contributed by atoms with Crippen LogP contribution in [0.2, 0.25) is 0 Å². The molecule has 1 saturated heterocycles. The molecule has 0 N–H and O–H groups in total. The Morgan fingerprint density at radius 1 is 1.10 bits per heavy atom. The summed E-state index contributed by atoms with van der Waals surface area (Å²) in [5.74, 6) is 0.00418. The van der Waals surface area contributed by atoms with Gasteiger partial charge < -0.3 is 9.42 Å². The van der Waals surface area contributed by atoms with Crippen molar-refractivity contribution >= 4 is 23.6 Å². The van der Waals surface area contributed by atoms with Crippen LogP contribution in [-0.2, 0) is 17.6 Å². The Kier molecular flexibility index (Phi) is 4.41. The van der Waals surface area contributed by atoms with E-state index in [0.717, 1.165) is 37.0 Å². The van der Waals surface area contributed by atoms with E-state index in [4.69, 9.17) is 4.52 Å². The number of aromatic nitrogens is 1. The number of hydrogen-bond donors (Lipinski definition) is 0. The van der Waals surface area contributed by atoms with Gasteiger partial charge in [-0.3, -0.25) is 14.5 Å². The molecule has 29 heavy (non-hydrogen) atoms. The molecule has 1 aromatic heterocycles. The molecule has 2 aliphatic carbocycles. The number of allylic oxidation sites excluding steroid dienone is 3. The van der Waals surface area contributed by atoms with Crippen LogP contribution in [0.15, 0.2) is 33.8 Å². The van der Waals surface area contributed by atoms with Crippen LogP contribution in [0.5, 0.6) is 0 Å². The van der Waals surface area contributed by atoms with Crippen molar-refractivity contribution in [2.75, 3.05) is 13.1 Å². The zero-order chi connectivity index (χ0) is 20.0. The van der Waals surface area contributed by atoms with E-state index in [1.165, 1.54) is 4.90 Å². The van der Waals surface area contributed by atoms with Gasteiger partial charge in [-0.2, -0.15) is 4.99 Å². The zero-order valence-electron chi connectivity index (χ0n) is 16.0. The molecule has 8 heteroatoms. The van der Waals surface area contributed by atoms with Gasteiger partial charge in [-0.1, -0.05) is 23.4 Å². The molecule has 5 rings (SSSR count). The molecule has 0 saturated carbocycles. The highest BCUT2D eigenvalue weighted by Crippen LogP contribution is 2.28. The summed E-state index contributed by atoms with van der Waals surface area (Å²) in [4.78, 5) is 45.4. The predicted molar refractivity (Wildman–Crippen MR) is 104 cm³/mol. The quantitative estimate of drug-likeness (QED) is 0.767. The molecule has 4 amide bonds. The predicted octanol–water partition coefficient (Wildman–Crippen LogP) is 2.30. The summed E-state index contributed by atoms with van der Waals surface area (Å²) in [5, 5.41) is 4.03. The Morgan fingerprint density at radius 2 is 1.90 bits per heavy atom. The smallest absolute Gasteiger partial charge is 0.350 e. The van der Waals surface area contributed by atoms with Gasteiger partial charge >= 0.3 is 6.03 Å². The van der Waals surface area contributed by atoms with Gasteiger partial charge in [-0.25, -0.2) is 4.79 Å². The highest BCUT2D eigenvalue weighted by molar-refractivity contribution is 6.21. The number of urea groups is 1. The van der Waals surface area contributed by atoms with Crippen LogP contribution in [0.3, 0.4) is 0 Å². The van der Waals surface area contributed by atoms with Crippen molar-refractivity contribution in [1.29, 1.82) is 0 Å². The molecule has 0 spiro atoms. The van der Waals surface area contributed by atoms with Crippen LogP contribution < -0.4 is 0 Å². The molecule has 1 aromatic rings. The van der Waals surface area contributed by atoms with Gasteiger partial charge in [-0.15, -0.1) is 0 Å². The van der Waals surface area contributed by atoms with E-state index < -0.39 is 11.9 Å². The maximum atomic E-state index is 12.9. The highest BCUT2D eigenvalue weighted by atomic mass is 16.5. The number of aliphatic imine (C=N–C) groups is 1. The van der Waals surface area contributed by atoms with Gasteiger partial charge in [0.25, 0.3) is 5.91 Å². The Morgan fingerprint density at radius 3 is 2.72 bits per heavy atom. The molecule has 150 valence electrons. The number of rotatable bonds is 2. The van der Waals surface area contributed by atoms with Crippen molar-refractivity contribution in [1.82, 2.24) is 15.0 Å². The van der Waals surface area contributed by atoms with Crippen LogP contribution >= 0.6 is 0 Å². The van der Waals surface area contributed by atoms with Gasteiger partial charge in [0.05, 0.1) is 11.6 Å². The average Bonchev–Trinajstić information content (AvgIpc) is 3.18. The van der Waals surface area contributed by atoms with E-state index in [1.807, 2.05) is 0 Å². The Balaban J connectivity index is 1.28. The van der Waals surface area contributed by atoms with Crippen LogP contribution in [0.1, 0.15) is 47.5 Å². The van der Waals surface area contributed by atoms with E-state index in [2.05, 4.69) is 10.1 Å². The molecule has 0 radical (unpaired) electrons. The van der Waals surface area contributed by atoms with Crippen molar-refractivity contribution in [3.63, 3.8) is 0 Å². The number of imide groups is 1. The number of likely N-dealkylation sites (tertiary alicyclic amines) is 1. The van der Waals surface area contributed by atoms with Crippen molar-refractivity contribution in [2.24, 2.45) is 10.9 Å². The van der Waals surface area contributed by atoms with E-state index >= 15 is 0 Å². The van der Waals surface area contributed by atoms with Gasteiger partial charge in [0, 0.05) is 31.1 Å². The normalized spacial score (nSPS) is 24.4. The number of nitrogens with zero attached hydrogens (tertiary/aromatic N) is 4. The molecule has 3 heterocycles. The number of aryl methyl sites for hydroxylation is 1. The Labute approximate surface area is 167 Å². The lowest BCUT2D eigenvalue weighted by molar-refractivity contribution is -0.131.